The number of hydrogen-bond donors (Lipinski definition) is 0. The van der Waals surface area contributed by atoms with Gasteiger partial charge in [0.25, 0.3) is 5.69 Å². The van der Waals surface area contributed by atoms with Crippen molar-refractivity contribution in [2.45, 2.75) is 12.2 Å². The summed E-state index contributed by atoms with van der Waals surface area (Å²) < 4.78 is 16.6. The summed E-state index contributed by atoms with van der Waals surface area (Å²) in [7, 11) is 1.59. The summed E-state index contributed by atoms with van der Waals surface area (Å²) in [5, 5.41) is 10.6. The van der Waals surface area contributed by atoms with Crippen molar-refractivity contribution < 1.29 is 23.9 Å². The number of nitro benzene ring substituents is 1. The molecule has 0 radical (unpaired) electrons. The van der Waals surface area contributed by atoms with Crippen molar-refractivity contribution in [1.29, 1.82) is 0 Å². The third-order valence-corrected chi connectivity index (χ3v) is 4.39. The van der Waals surface area contributed by atoms with E-state index in [-0.39, 0.29) is 29.7 Å². The molecule has 0 bridgehead atoms. The van der Waals surface area contributed by atoms with Crippen LogP contribution in [-0.2, 0) is 14.2 Å². The third-order valence-electron chi connectivity index (χ3n) is 4.39. The summed E-state index contributed by atoms with van der Waals surface area (Å²) in [5.74, 6) is -1.26. The molecule has 1 saturated heterocycles. The van der Waals surface area contributed by atoms with E-state index in [1.165, 1.54) is 24.3 Å². The van der Waals surface area contributed by atoms with Crippen LogP contribution in [0.15, 0.2) is 36.4 Å². The topological polar surface area (TPSA) is 87.9 Å². The van der Waals surface area contributed by atoms with Gasteiger partial charge in [0.15, 0.2) is 5.79 Å². The van der Waals surface area contributed by atoms with Gasteiger partial charge in [-0.25, -0.2) is 4.79 Å². The zero-order valence-electron chi connectivity index (χ0n) is 12.6. The Balaban J connectivity index is 1.63. The summed E-state index contributed by atoms with van der Waals surface area (Å²) in [4.78, 5) is 22.2. The highest BCUT2D eigenvalue weighted by Gasteiger charge is 2.52. The predicted octanol–water partition coefficient (Wildman–Crippen LogP) is 2.32. The fourth-order valence-corrected chi connectivity index (χ4v) is 3.17. The lowest BCUT2D eigenvalue weighted by atomic mass is 9.95. The van der Waals surface area contributed by atoms with E-state index in [9.17, 15) is 14.9 Å². The van der Waals surface area contributed by atoms with Crippen molar-refractivity contribution in [3.63, 3.8) is 0 Å². The van der Waals surface area contributed by atoms with Crippen LogP contribution >= 0.6 is 0 Å². The second-order valence-electron chi connectivity index (χ2n) is 5.56. The molecule has 1 heterocycles. The second-order valence-corrected chi connectivity index (χ2v) is 5.56. The minimum absolute atomic E-state index is 0.0687. The zero-order valence-corrected chi connectivity index (χ0v) is 12.6. The molecule has 2 aliphatic rings. The summed E-state index contributed by atoms with van der Waals surface area (Å²) in [6.45, 7) is 0.756. The van der Waals surface area contributed by atoms with E-state index < -0.39 is 16.7 Å². The molecule has 0 saturated carbocycles. The molecule has 1 aliphatic carbocycles. The standard InChI is InChI=1S/C16H17NO6/c1-21-16-12(8-9-23-16)4-5-13(16)10-22-15(18)11-2-6-14(7-3-11)17(19)20/h2-7,12-13H,8-10H2,1H3/t12-,13-,16+/m0/s1. The van der Waals surface area contributed by atoms with Gasteiger partial charge in [-0.1, -0.05) is 12.2 Å². The predicted molar refractivity (Wildman–Crippen MR) is 79.8 cm³/mol. The number of esters is 1. The molecule has 122 valence electrons. The van der Waals surface area contributed by atoms with E-state index in [4.69, 9.17) is 14.2 Å². The van der Waals surface area contributed by atoms with Crippen LogP contribution in [0.25, 0.3) is 0 Å². The number of nitro groups is 1. The lowest BCUT2D eigenvalue weighted by molar-refractivity contribution is -0.384. The maximum absolute atomic E-state index is 12.1. The van der Waals surface area contributed by atoms with Gasteiger partial charge in [0.1, 0.15) is 6.61 Å². The molecule has 7 heteroatoms. The van der Waals surface area contributed by atoms with Crippen molar-refractivity contribution in [3.05, 3.63) is 52.1 Å². The fraction of sp³-hybridized carbons (Fsp3) is 0.438. The molecular formula is C16H17NO6. The molecule has 0 spiro atoms. The van der Waals surface area contributed by atoms with Gasteiger partial charge in [0.05, 0.1) is 23.0 Å². The van der Waals surface area contributed by atoms with E-state index in [1.54, 1.807) is 7.11 Å². The van der Waals surface area contributed by atoms with Crippen LogP contribution in [0.2, 0.25) is 0 Å². The van der Waals surface area contributed by atoms with Crippen LogP contribution in [-0.4, -0.2) is 37.0 Å². The van der Waals surface area contributed by atoms with Crippen molar-refractivity contribution in [2.24, 2.45) is 11.8 Å². The zero-order chi connectivity index (χ0) is 16.4. The Labute approximate surface area is 133 Å². The molecule has 23 heavy (non-hydrogen) atoms. The Hall–Kier alpha value is -2.25. The van der Waals surface area contributed by atoms with Crippen LogP contribution in [0.4, 0.5) is 5.69 Å². The largest absolute Gasteiger partial charge is 0.461 e. The fourth-order valence-electron chi connectivity index (χ4n) is 3.17. The number of benzene rings is 1. The second kappa shape index (κ2) is 6.10. The summed E-state index contributed by atoms with van der Waals surface area (Å²) in [6.07, 6.45) is 4.88. The van der Waals surface area contributed by atoms with Crippen LogP contribution in [0.1, 0.15) is 16.8 Å². The number of rotatable bonds is 5. The lowest BCUT2D eigenvalue weighted by Gasteiger charge is -2.33. The summed E-state index contributed by atoms with van der Waals surface area (Å²) >= 11 is 0. The molecule has 0 amide bonds. The molecule has 0 aromatic heterocycles. The van der Waals surface area contributed by atoms with Gasteiger partial charge < -0.3 is 14.2 Å². The maximum Gasteiger partial charge on any atom is 0.338 e. The van der Waals surface area contributed by atoms with E-state index in [2.05, 4.69) is 0 Å². The number of carbonyl (C=O) groups is 1. The number of fused-ring (bicyclic) bond motifs is 1. The lowest BCUT2D eigenvalue weighted by Crippen LogP contribution is -2.43. The first kappa shape index (κ1) is 15.6. The molecule has 3 atom stereocenters. The molecule has 0 unspecified atom stereocenters. The van der Waals surface area contributed by atoms with Gasteiger partial charge in [-0.3, -0.25) is 10.1 Å². The number of methoxy groups -OCH3 is 1. The number of non-ortho nitro benzene ring substituents is 1. The molecule has 0 N–H and O–H groups in total. The first-order valence-corrected chi connectivity index (χ1v) is 7.36. The molecule has 1 aromatic rings. The number of hydrogen-bond acceptors (Lipinski definition) is 6. The average molecular weight is 319 g/mol. The van der Waals surface area contributed by atoms with Crippen molar-refractivity contribution in [2.75, 3.05) is 20.3 Å². The molecule has 1 fully saturated rings. The van der Waals surface area contributed by atoms with Gasteiger partial charge in [-0.15, -0.1) is 0 Å². The quantitative estimate of drug-likeness (QED) is 0.358. The minimum atomic E-state index is -0.740. The van der Waals surface area contributed by atoms with Gasteiger partial charge in [0, 0.05) is 25.2 Å². The van der Waals surface area contributed by atoms with Crippen molar-refractivity contribution in [1.82, 2.24) is 0 Å². The van der Waals surface area contributed by atoms with E-state index in [0.29, 0.717) is 6.61 Å². The van der Waals surface area contributed by atoms with Crippen LogP contribution in [0.5, 0.6) is 0 Å². The van der Waals surface area contributed by atoms with E-state index >= 15 is 0 Å². The number of carbonyl (C=O) groups excluding carboxylic acids is 1. The molecule has 1 aliphatic heterocycles. The van der Waals surface area contributed by atoms with Crippen LogP contribution in [0.3, 0.4) is 0 Å². The van der Waals surface area contributed by atoms with Gasteiger partial charge in [-0.05, 0) is 18.6 Å². The van der Waals surface area contributed by atoms with E-state index in [1.807, 2.05) is 12.2 Å². The van der Waals surface area contributed by atoms with Crippen molar-refractivity contribution >= 4 is 11.7 Å². The first-order chi connectivity index (χ1) is 11.1. The SMILES string of the molecule is CO[C@@]12OCC[C@@H]1C=C[C@H]2COC(=O)c1ccc([N+](=O)[O-])cc1. The summed E-state index contributed by atoms with van der Waals surface area (Å²) in [6, 6.07) is 5.31. The smallest absolute Gasteiger partial charge is 0.338 e. The van der Waals surface area contributed by atoms with E-state index in [0.717, 1.165) is 6.42 Å². The van der Waals surface area contributed by atoms with Gasteiger partial charge in [-0.2, -0.15) is 0 Å². The van der Waals surface area contributed by atoms with Gasteiger partial charge in [0.2, 0.25) is 0 Å². The Morgan fingerprint density at radius 3 is 2.78 bits per heavy atom. The molecule has 3 rings (SSSR count). The molecular weight excluding hydrogens is 302 g/mol. The first-order valence-electron chi connectivity index (χ1n) is 7.36. The highest BCUT2D eigenvalue weighted by molar-refractivity contribution is 5.89. The van der Waals surface area contributed by atoms with Crippen LogP contribution < -0.4 is 0 Å². The normalized spacial score (nSPS) is 28.6. The van der Waals surface area contributed by atoms with Crippen LogP contribution in [0, 0.1) is 22.0 Å². The Bertz CT molecular complexity index is 640. The molecule has 7 nitrogen and oxygen atoms in total. The average Bonchev–Trinajstić information content (AvgIpc) is 3.12. The monoisotopic (exact) mass is 319 g/mol. The maximum atomic E-state index is 12.1. The number of nitrogens with zero attached hydrogens (tertiary/aromatic N) is 1. The molecule has 1 aromatic carbocycles. The minimum Gasteiger partial charge on any atom is -0.461 e. The summed E-state index contributed by atoms with van der Waals surface area (Å²) in [5.41, 5.74) is 0.203. The highest BCUT2D eigenvalue weighted by atomic mass is 16.7. The Morgan fingerprint density at radius 2 is 2.13 bits per heavy atom. The van der Waals surface area contributed by atoms with Crippen molar-refractivity contribution in [3.8, 4) is 0 Å². The third kappa shape index (κ3) is 2.73. The van der Waals surface area contributed by atoms with Gasteiger partial charge >= 0.3 is 5.97 Å². The Kier molecular flexibility index (Phi) is 4.14. The number of ether oxygens (including phenoxy) is 3. The Morgan fingerprint density at radius 1 is 1.39 bits per heavy atom. The highest BCUT2D eigenvalue weighted by Crippen LogP contribution is 2.45.